The van der Waals surface area contributed by atoms with Crippen molar-refractivity contribution >= 4 is 55.1 Å². The molecule has 0 aliphatic heterocycles. The van der Waals surface area contributed by atoms with Gasteiger partial charge in [-0.3, -0.25) is 0 Å². The molecular weight excluding hydrogens is 420 g/mol. The Morgan fingerprint density at radius 2 is 1.63 bits per heavy atom. The molecule has 0 aliphatic rings. The molecule has 2 N–H and O–H groups in total. The molecule has 0 aliphatic carbocycles. The van der Waals surface area contributed by atoms with E-state index in [1.807, 2.05) is 0 Å². The first kappa shape index (κ1) is 15.3. The monoisotopic (exact) mass is 425 g/mol. The van der Waals surface area contributed by atoms with Crippen molar-refractivity contribution < 1.29 is 4.39 Å². The van der Waals surface area contributed by atoms with Crippen LogP contribution in [-0.4, -0.2) is 0 Å². The van der Waals surface area contributed by atoms with Crippen molar-refractivity contribution in [2.75, 3.05) is 0 Å². The van der Waals surface area contributed by atoms with Crippen LogP contribution in [0.1, 0.15) is 17.2 Å². The molecule has 1 atom stereocenters. The average Bonchev–Trinajstić information content (AvgIpc) is 2.36. The van der Waals surface area contributed by atoms with Crippen LogP contribution in [0.3, 0.4) is 0 Å². The van der Waals surface area contributed by atoms with Gasteiger partial charge in [0.25, 0.3) is 0 Å². The zero-order valence-electron chi connectivity index (χ0n) is 9.43. The van der Waals surface area contributed by atoms with Crippen LogP contribution in [0.4, 0.5) is 4.39 Å². The standard InChI is InChI=1S/C13H8Br2Cl2FN/c14-8-3-6(1-2-10(8)16)13(19)7-4-11(17)9(15)5-12(7)18/h1-5,13H,19H2. The predicted octanol–water partition coefficient (Wildman–Crippen LogP) is 5.71. The van der Waals surface area contributed by atoms with Crippen LogP contribution < -0.4 is 5.73 Å². The van der Waals surface area contributed by atoms with Gasteiger partial charge < -0.3 is 5.73 Å². The first-order valence-corrected chi connectivity index (χ1v) is 7.59. The van der Waals surface area contributed by atoms with E-state index in [-0.39, 0.29) is 0 Å². The molecule has 2 aromatic carbocycles. The summed E-state index contributed by atoms with van der Waals surface area (Å²) in [5.74, 6) is -0.408. The zero-order chi connectivity index (χ0) is 14.2. The third kappa shape index (κ3) is 3.31. The lowest BCUT2D eigenvalue weighted by atomic mass is 9.99. The second-order valence-electron chi connectivity index (χ2n) is 3.94. The summed E-state index contributed by atoms with van der Waals surface area (Å²) in [6.07, 6.45) is 0. The normalized spacial score (nSPS) is 12.5. The van der Waals surface area contributed by atoms with Crippen LogP contribution >= 0.6 is 55.1 Å². The van der Waals surface area contributed by atoms with Gasteiger partial charge >= 0.3 is 0 Å². The Labute approximate surface area is 137 Å². The van der Waals surface area contributed by atoms with Crippen LogP contribution in [0.25, 0.3) is 0 Å². The van der Waals surface area contributed by atoms with E-state index in [0.29, 0.717) is 24.6 Å². The third-order valence-corrected chi connectivity index (χ3v) is 5.09. The molecule has 0 radical (unpaired) electrons. The van der Waals surface area contributed by atoms with E-state index in [4.69, 9.17) is 28.9 Å². The summed E-state index contributed by atoms with van der Waals surface area (Å²) in [5, 5.41) is 0.991. The largest absolute Gasteiger partial charge is 0.320 e. The molecule has 0 aromatic heterocycles. The molecule has 0 amide bonds. The Morgan fingerprint density at radius 1 is 1.00 bits per heavy atom. The molecule has 0 spiro atoms. The van der Waals surface area contributed by atoms with E-state index in [1.54, 1.807) is 18.2 Å². The lowest BCUT2D eigenvalue weighted by Crippen LogP contribution is -2.13. The molecule has 19 heavy (non-hydrogen) atoms. The molecule has 1 unspecified atom stereocenters. The maximum Gasteiger partial charge on any atom is 0.129 e. The maximum absolute atomic E-state index is 13.9. The molecule has 0 saturated carbocycles. The lowest BCUT2D eigenvalue weighted by molar-refractivity contribution is 0.599. The highest BCUT2D eigenvalue weighted by Gasteiger charge is 2.16. The quantitative estimate of drug-likeness (QED) is 0.611. The number of nitrogens with two attached hydrogens (primary N) is 1. The van der Waals surface area contributed by atoms with Crippen molar-refractivity contribution in [2.45, 2.75) is 6.04 Å². The summed E-state index contributed by atoms with van der Waals surface area (Å²) in [4.78, 5) is 0. The fourth-order valence-corrected chi connectivity index (χ4v) is 2.66. The van der Waals surface area contributed by atoms with E-state index in [2.05, 4.69) is 31.9 Å². The van der Waals surface area contributed by atoms with E-state index in [0.717, 1.165) is 5.56 Å². The molecule has 0 saturated heterocycles. The van der Waals surface area contributed by atoms with Crippen molar-refractivity contribution in [3.63, 3.8) is 0 Å². The molecule has 2 rings (SSSR count). The second-order valence-corrected chi connectivity index (χ2v) is 6.46. The van der Waals surface area contributed by atoms with Gasteiger partial charge in [-0.2, -0.15) is 0 Å². The summed E-state index contributed by atoms with van der Waals surface area (Å²) in [6, 6.07) is 7.45. The fraction of sp³-hybridized carbons (Fsp3) is 0.0769. The van der Waals surface area contributed by atoms with E-state index in [9.17, 15) is 4.39 Å². The first-order valence-electron chi connectivity index (χ1n) is 5.25. The Balaban J connectivity index is 2.46. The summed E-state index contributed by atoms with van der Waals surface area (Å²) >= 11 is 18.4. The minimum Gasteiger partial charge on any atom is -0.320 e. The van der Waals surface area contributed by atoms with Gasteiger partial charge in [0.2, 0.25) is 0 Å². The van der Waals surface area contributed by atoms with Gasteiger partial charge in [0.1, 0.15) is 5.82 Å². The van der Waals surface area contributed by atoms with Gasteiger partial charge in [-0.25, -0.2) is 4.39 Å². The summed E-state index contributed by atoms with van der Waals surface area (Å²) in [6.45, 7) is 0. The van der Waals surface area contributed by atoms with E-state index >= 15 is 0 Å². The fourth-order valence-electron chi connectivity index (χ4n) is 1.66. The van der Waals surface area contributed by atoms with Crippen molar-refractivity contribution in [1.29, 1.82) is 0 Å². The third-order valence-electron chi connectivity index (χ3n) is 2.68. The molecule has 1 nitrogen and oxygen atoms in total. The Hall–Kier alpha value is -0.130. The molecule has 6 heteroatoms. The average molecular weight is 428 g/mol. The summed E-state index contributed by atoms with van der Waals surface area (Å²) < 4.78 is 15.2. The highest BCUT2D eigenvalue weighted by molar-refractivity contribution is 9.10. The van der Waals surface area contributed by atoms with Gasteiger partial charge in [-0.15, -0.1) is 0 Å². The smallest absolute Gasteiger partial charge is 0.129 e. The van der Waals surface area contributed by atoms with Gasteiger partial charge in [-0.1, -0.05) is 29.3 Å². The van der Waals surface area contributed by atoms with Gasteiger partial charge in [-0.05, 0) is 61.7 Å². The van der Waals surface area contributed by atoms with Crippen LogP contribution in [0.5, 0.6) is 0 Å². The first-order chi connectivity index (χ1) is 8.90. The summed E-state index contributed by atoms with van der Waals surface area (Å²) in [7, 11) is 0. The number of hydrogen-bond acceptors (Lipinski definition) is 1. The molecule has 0 fully saturated rings. The van der Waals surface area contributed by atoms with Crippen LogP contribution in [0.2, 0.25) is 10.0 Å². The van der Waals surface area contributed by atoms with Crippen LogP contribution in [-0.2, 0) is 0 Å². The van der Waals surface area contributed by atoms with E-state index < -0.39 is 11.9 Å². The SMILES string of the molecule is NC(c1ccc(Cl)c(Br)c1)c1cc(Cl)c(Br)cc1F. The van der Waals surface area contributed by atoms with Gasteiger partial charge in [0, 0.05) is 14.5 Å². The number of benzene rings is 2. The minimum absolute atomic E-state index is 0.336. The predicted molar refractivity (Wildman–Crippen MR) is 84.3 cm³/mol. The Morgan fingerprint density at radius 3 is 2.26 bits per heavy atom. The van der Waals surface area contributed by atoms with Gasteiger partial charge in [0.15, 0.2) is 0 Å². The minimum atomic E-state index is -0.612. The molecule has 100 valence electrons. The zero-order valence-corrected chi connectivity index (χ0v) is 14.1. The molecule has 2 aromatic rings. The van der Waals surface area contributed by atoms with Crippen molar-refractivity contribution in [3.05, 3.63) is 66.3 Å². The maximum atomic E-state index is 13.9. The van der Waals surface area contributed by atoms with Crippen molar-refractivity contribution in [3.8, 4) is 0 Å². The Bertz CT molecular complexity index is 634. The lowest BCUT2D eigenvalue weighted by Gasteiger charge is -2.15. The van der Waals surface area contributed by atoms with Gasteiger partial charge in [0.05, 0.1) is 16.1 Å². The number of hydrogen-bond donors (Lipinski definition) is 1. The topological polar surface area (TPSA) is 26.0 Å². The number of halogens is 5. The second kappa shape index (κ2) is 6.10. The number of rotatable bonds is 2. The van der Waals surface area contributed by atoms with Crippen molar-refractivity contribution in [1.82, 2.24) is 0 Å². The summed E-state index contributed by atoms with van der Waals surface area (Å²) in [5.41, 5.74) is 7.16. The Kier molecular flexibility index (Phi) is 4.90. The van der Waals surface area contributed by atoms with Crippen molar-refractivity contribution in [2.24, 2.45) is 5.73 Å². The van der Waals surface area contributed by atoms with Crippen LogP contribution in [0, 0.1) is 5.82 Å². The molecule has 0 bridgehead atoms. The molecule has 0 heterocycles. The molecular formula is C13H8Br2Cl2FN. The van der Waals surface area contributed by atoms with E-state index in [1.165, 1.54) is 12.1 Å². The highest BCUT2D eigenvalue weighted by Crippen LogP contribution is 2.32. The highest BCUT2D eigenvalue weighted by atomic mass is 79.9. The van der Waals surface area contributed by atoms with Crippen LogP contribution in [0.15, 0.2) is 39.3 Å².